The number of nitrogens with zero attached hydrogens (tertiary/aromatic N) is 2. The topological polar surface area (TPSA) is 96.4 Å². The van der Waals surface area contributed by atoms with Crippen LogP contribution in [0, 0.1) is 11.8 Å². The minimum Gasteiger partial charge on any atom is -0.465 e. The average molecular weight is 525 g/mol. The van der Waals surface area contributed by atoms with Crippen molar-refractivity contribution in [2.45, 2.75) is 75.8 Å². The summed E-state index contributed by atoms with van der Waals surface area (Å²) in [5.41, 5.74) is -1.07. The second-order valence-electron chi connectivity index (χ2n) is 10.6. The number of rotatable bonds is 13. The maximum atomic E-state index is 14.4. The summed E-state index contributed by atoms with van der Waals surface area (Å²) < 4.78 is 12.4. The van der Waals surface area contributed by atoms with Crippen LogP contribution < -0.4 is 0 Å². The Labute approximate surface area is 225 Å². The SMILES string of the molecule is C=CCCOC(=O)[C@H]1[C@H]2C(=O)N([C@@H](CC)CO)C(C(=O)N(CC=C)Cc3ccccc3)C23CC[C@]1(CC)O3. The summed E-state index contributed by atoms with van der Waals surface area (Å²) in [6, 6.07) is 8.12. The fourth-order valence-electron chi connectivity index (χ4n) is 6.80. The van der Waals surface area contributed by atoms with Crippen LogP contribution in [0.1, 0.15) is 51.5 Å². The molecule has 1 aromatic rings. The summed E-state index contributed by atoms with van der Waals surface area (Å²) in [5, 5.41) is 10.2. The number of amides is 2. The number of aliphatic hydroxyl groups is 1. The Morgan fingerprint density at radius 1 is 1.24 bits per heavy atom. The van der Waals surface area contributed by atoms with Gasteiger partial charge in [0, 0.05) is 13.1 Å². The molecule has 3 fully saturated rings. The number of carbonyl (C=O) groups excluding carboxylic acids is 3. The number of carbonyl (C=O) groups is 3. The fourth-order valence-corrected chi connectivity index (χ4v) is 6.80. The van der Waals surface area contributed by atoms with Gasteiger partial charge in [-0.25, -0.2) is 0 Å². The van der Waals surface area contributed by atoms with Crippen LogP contribution in [0.3, 0.4) is 0 Å². The van der Waals surface area contributed by atoms with E-state index in [-0.39, 0.29) is 31.6 Å². The molecule has 206 valence electrons. The molecule has 2 amide bonds. The Kier molecular flexibility index (Phi) is 8.43. The minimum atomic E-state index is -1.16. The largest absolute Gasteiger partial charge is 0.465 e. The molecule has 0 aromatic heterocycles. The number of esters is 1. The molecule has 8 heteroatoms. The number of benzene rings is 1. The number of likely N-dealkylation sites (tertiary alicyclic amines) is 1. The maximum Gasteiger partial charge on any atom is 0.312 e. The van der Waals surface area contributed by atoms with E-state index in [0.29, 0.717) is 38.6 Å². The van der Waals surface area contributed by atoms with Crippen LogP contribution in [-0.4, -0.2) is 75.7 Å². The zero-order valence-corrected chi connectivity index (χ0v) is 22.5. The van der Waals surface area contributed by atoms with Crippen molar-refractivity contribution in [3.8, 4) is 0 Å². The summed E-state index contributed by atoms with van der Waals surface area (Å²) in [6.07, 6.45) is 5.87. The summed E-state index contributed by atoms with van der Waals surface area (Å²) in [5.74, 6) is -2.69. The lowest BCUT2D eigenvalue weighted by molar-refractivity contribution is -0.163. The van der Waals surface area contributed by atoms with Crippen LogP contribution in [0.25, 0.3) is 0 Å². The van der Waals surface area contributed by atoms with Crippen molar-refractivity contribution in [3.05, 3.63) is 61.2 Å². The lowest BCUT2D eigenvalue weighted by Crippen LogP contribution is -2.58. The van der Waals surface area contributed by atoms with Crippen LogP contribution >= 0.6 is 0 Å². The quantitative estimate of drug-likeness (QED) is 0.242. The van der Waals surface area contributed by atoms with E-state index in [1.807, 2.05) is 44.2 Å². The highest BCUT2D eigenvalue weighted by Crippen LogP contribution is 2.65. The first-order chi connectivity index (χ1) is 18.3. The van der Waals surface area contributed by atoms with Gasteiger partial charge < -0.3 is 24.4 Å². The Bertz CT molecular complexity index is 1060. The molecule has 0 radical (unpaired) electrons. The number of aliphatic hydroxyl groups excluding tert-OH is 1. The highest BCUT2D eigenvalue weighted by atomic mass is 16.6. The third-order valence-electron chi connectivity index (χ3n) is 8.63. The van der Waals surface area contributed by atoms with E-state index in [9.17, 15) is 19.5 Å². The molecule has 1 aromatic carbocycles. The van der Waals surface area contributed by atoms with E-state index in [0.717, 1.165) is 5.56 Å². The van der Waals surface area contributed by atoms with Crippen LogP contribution in [0.4, 0.5) is 0 Å². The molecule has 1 N–H and O–H groups in total. The number of hydrogen-bond acceptors (Lipinski definition) is 6. The third kappa shape index (κ3) is 4.47. The molecule has 2 unspecified atom stereocenters. The second-order valence-corrected chi connectivity index (χ2v) is 10.6. The Morgan fingerprint density at radius 3 is 2.58 bits per heavy atom. The van der Waals surface area contributed by atoms with Gasteiger partial charge in [-0.3, -0.25) is 14.4 Å². The van der Waals surface area contributed by atoms with Gasteiger partial charge in [0.1, 0.15) is 17.6 Å². The first kappa shape index (κ1) is 28.0. The van der Waals surface area contributed by atoms with Crippen molar-refractivity contribution in [1.82, 2.24) is 9.80 Å². The van der Waals surface area contributed by atoms with E-state index >= 15 is 0 Å². The molecule has 3 aliphatic rings. The molecule has 1 spiro atoms. The minimum absolute atomic E-state index is 0.178. The van der Waals surface area contributed by atoms with E-state index in [1.165, 1.54) is 4.90 Å². The molecule has 3 aliphatic heterocycles. The maximum absolute atomic E-state index is 14.4. The van der Waals surface area contributed by atoms with Crippen LogP contribution in [0.2, 0.25) is 0 Å². The third-order valence-corrected chi connectivity index (χ3v) is 8.63. The number of hydrogen-bond donors (Lipinski definition) is 1. The monoisotopic (exact) mass is 524 g/mol. The smallest absolute Gasteiger partial charge is 0.312 e. The van der Waals surface area contributed by atoms with Crippen LogP contribution in [-0.2, 0) is 30.4 Å². The van der Waals surface area contributed by atoms with E-state index in [2.05, 4.69) is 13.2 Å². The lowest BCUT2D eigenvalue weighted by atomic mass is 9.65. The van der Waals surface area contributed by atoms with Gasteiger partial charge >= 0.3 is 5.97 Å². The van der Waals surface area contributed by atoms with Gasteiger partial charge in [-0.1, -0.05) is 56.3 Å². The van der Waals surface area contributed by atoms with Crippen molar-refractivity contribution < 1.29 is 29.0 Å². The summed E-state index contributed by atoms with van der Waals surface area (Å²) in [7, 11) is 0. The lowest BCUT2D eigenvalue weighted by Gasteiger charge is -2.39. The molecule has 3 heterocycles. The highest BCUT2D eigenvalue weighted by molar-refractivity contribution is 5.98. The Balaban J connectivity index is 1.77. The number of fused-ring (bicyclic) bond motifs is 1. The molecule has 0 aliphatic carbocycles. The first-order valence-electron chi connectivity index (χ1n) is 13.7. The molecule has 38 heavy (non-hydrogen) atoms. The van der Waals surface area contributed by atoms with Crippen molar-refractivity contribution in [2.75, 3.05) is 19.8 Å². The van der Waals surface area contributed by atoms with Crippen LogP contribution in [0.5, 0.6) is 0 Å². The van der Waals surface area contributed by atoms with Gasteiger partial charge in [0.25, 0.3) is 0 Å². The molecule has 8 nitrogen and oxygen atoms in total. The first-order valence-corrected chi connectivity index (χ1v) is 13.7. The molecule has 0 saturated carbocycles. The van der Waals surface area contributed by atoms with Gasteiger partial charge in [-0.2, -0.15) is 0 Å². The molecule has 3 saturated heterocycles. The standard InChI is InChI=1S/C30H40N2O6/c1-5-9-18-37-28(36)24-23-26(34)32(22(7-3)20-33)25(30(23)16-15-29(24,8-4)38-30)27(35)31(17-6-2)19-21-13-11-10-12-14-21/h5-6,10-14,22-25,33H,1-2,7-9,15-20H2,3-4H3/t22-,23-,24+,25?,29-,30?/m0/s1. The molecule has 4 rings (SSSR count). The van der Waals surface area contributed by atoms with Crippen molar-refractivity contribution in [3.63, 3.8) is 0 Å². The molecular formula is C30H40N2O6. The van der Waals surface area contributed by atoms with Crippen molar-refractivity contribution in [2.24, 2.45) is 11.8 Å². The molecule has 6 atom stereocenters. The van der Waals surface area contributed by atoms with Gasteiger partial charge in [0.05, 0.1) is 30.8 Å². The predicted octanol–water partition coefficient (Wildman–Crippen LogP) is 3.25. The summed E-state index contributed by atoms with van der Waals surface area (Å²) >= 11 is 0. The predicted molar refractivity (Wildman–Crippen MR) is 143 cm³/mol. The zero-order chi connectivity index (χ0) is 27.5. The van der Waals surface area contributed by atoms with E-state index in [4.69, 9.17) is 9.47 Å². The number of ether oxygens (including phenoxy) is 2. The normalized spacial score (nSPS) is 30.1. The van der Waals surface area contributed by atoms with Gasteiger partial charge in [-0.15, -0.1) is 13.2 Å². The summed E-state index contributed by atoms with van der Waals surface area (Å²) in [4.78, 5) is 45.3. The van der Waals surface area contributed by atoms with Crippen molar-refractivity contribution in [1.29, 1.82) is 0 Å². The van der Waals surface area contributed by atoms with Gasteiger partial charge in [0.15, 0.2) is 0 Å². The Morgan fingerprint density at radius 2 is 1.97 bits per heavy atom. The fraction of sp³-hybridized carbons (Fsp3) is 0.567. The zero-order valence-electron chi connectivity index (χ0n) is 22.5. The van der Waals surface area contributed by atoms with E-state index < -0.39 is 41.1 Å². The average Bonchev–Trinajstić information content (AvgIpc) is 3.53. The highest BCUT2D eigenvalue weighted by Gasteiger charge is 2.79. The summed E-state index contributed by atoms with van der Waals surface area (Å²) in [6.45, 7) is 11.9. The van der Waals surface area contributed by atoms with Crippen molar-refractivity contribution >= 4 is 17.8 Å². The van der Waals surface area contributed by atoms with Gasteiger partial charge in [0.2, 0.25) is 11.8 Å². The second kappa shape index (κ2) is 11.4. The van der Waals surface area contributed by atoms with Gasteiger partial charge in [-0.05, 0) is 37.7 Å². The Hall–Kier alpha value is -2.97. The van der Waals surface area contributed by atoms with E-state index in [1.54, 1.807) is 17.1 Å². The van der Waals surface area contributed by atoms with Crippen LogP contribution in [0.15, 0.2) is 55.6 Å². The molecular weight excluding hydrogens is 484 g/mol. The molecule has 2 bridgehead atoms.